The normalized spacial score (nSPS) is 10.1. The van der Waals surface area contributed by atoms with Crippen LogP contribution >= 0.6 is 11.3 Å². The second kappa shape index (κ2) is 8.41. The second-order valence-electron chi connectivity index (χ2n) is 4.38. The zero-order chi connectivity index (χ0) is 15.8. The molecule has 21 heavy (non-hydrogen) atoms. The standard InChI is InChI=1S/C14H20N2O4S/c1-5-19-12(17)10(13(18)20-6-2)7-15-14-16-11(8-21-14)9(3)4/h7-9H,5-6H2,1-4H3,(H,15,16). The quantitative estimate of drug-likeness (QED) is 0.361. The van der Waals surface area contributed by atoms with Gasteiger partial charge in [0.2, 0.25) is 0 Å². The topological polar surface area (TPSA) is 77.5 Å². The minimum absolute atomic E-state index is 0.181. The summed E-state index contributed by atoms with van der Waals surface area (Å²) in [6.07, 6.45) is 1.28. The van der Waals surface area contributed by atoms with Crippen molar-refractivity contribution in [3.63, 3.8) is 0 Å². The Kier molecular flexibility index (Phi) is 6.87. The van der Waals surface area contributed by atoms with Crippen molar-refractivity contribution in [3.05, 3.63) is 22.8 Å². The SMILES string of the molecule is CCOC(=O)C(=CNc1nc(C(C)C)cs1)C(=O)OCC. The van der Waals surface area contributed by atoms with Crippen LogP contribution in [0.1, 0.15) is 39.3 Å². The van der Waals surface area contributed by atoms with Crippen molar-refractivity contribution in [2.45, 2.75) is 33.6 Å². The molecule has 0 atom stereocenters. The molecule has 0 aromatic carbocycles. The van der Waals surface area contributed by atoms with Crippen LogP contribution in [0.25, 0.3) is 0 Å². The van der Waals surface area contributed by atoms with E-state index in [0.717, 1.165) is 5.69 Å². The summed E-state index contributed by atoms with van der Waals surface area (Å²) in [5.74, 6) is -1.12. The molecule has 116 valence electrons. The van der Waals surface area contributed by atoms with Gasteiger partial charge in [-0.25, -0.2) is 14.6 Å². The number of carbonyl (C=O) groups is 2. The number of nitrogens with zero attached hydrogens (tertiary/aromatic N) is 1. The molecule has 0 spiro atoms. The third-order valence-corrected chi connectivity index (χ3v) is 3.24. The Labute approximate surface area is 128 Å². The molecule has 1 N–H and O–H groups in total. The second-order valence-corrected chi connectivity index (χ2v) is 5.23. The van der Waals surface area contributed by atoms with Crippen molar-refractivity contribution < 1.29 is 19.1 Å². The predicted octanol–water partition coefficient (Wildman–Crippen LogP) is 2.69. The van der Waals surface area contributed by atoms with Gasteiger partial charge < -0.3 is 14.8 Å². The van der Waals surface area contributed by atoms with Crippen molar-refractivity contribution >= 4 is 28.4 Å². The predicted molar refractivity (Wildman–Crippen MR) is 81.2 cm³/mol. The van der Waals surface area contributed by atoms with E-state index in [1.54, 1.807) is 13.8 Å². The van der Waals surface area contributed by atoms with E-state index >= 15 is 0 Å². The summed E-state index contributed by atoms with van der Waals surface area (Å²) in [6.45, 7) is 7.79. The largest absolute Gasteiger partial charge is 0.462 e. The van der Waals surface area contributed by atoms with Crippen molar-refractivity contribution in [1.29, 1.82) is 0 Å². The monoisotopic (exact) mass is 312 g/mol. The number of hydrogen-bond acceptors (Lipinski definition) is 7. The maximum absolute atomic E-state index is 11.7. The van der Waals surface area contributed by atoms with Gasteiger partial charge in [-0.1, -0.05) is 13.8 Å². The van der Waals surface area contributed by atoms with Gasteiger partial charge in [0.05, 0.1) is 18.9 Å². The van der Waals surface area contributed by atoms with E-state index in [1.165, 1.54) is 17.5 Å². The van der Waals surface area contributed by atoms with E-state index < -0.39 is 11.9 Å². The van der Waals surface area contributed by atoms with Crippen molar-refractivity contribution in [2.24, 2.45) is 0 Å². The van der Waals surface area contributed by atoms with Gasteiger partial charge >= 0.3 is 11.9 Å². The van der Waals surface area contributed by atoms with Gasteiger partial charge in [-0.05, 0) is 19.8 Å². The fraction of sp³-hybridized carbons (Fsp3) is 0.500. The van der Waals surface area contributed by atoms with Gasteiger partial charge in [0.15, 0.2) is 10.7 Å². The fourth-order valence-corrected chi connectivity index (χ4v) is 2.21. The Hall–Kier alpha value is -1.89. The summed E-state index contributed by atoms with van der Waals surface area (Å²) < 4.78 is 9.68. The highest BCUT2D eigenvalue weighted by Gasteiger charge is 2.21. The third-order valence-electron chi connectivity index (χ3n) is 2.44. The van der Waals surface area contributed by atoms with Crippen molar-refractivity contribution in [1.82, 2.24) is 4.98 Å². The van der Waals surface area contributed by atoms with Crippen LogP contribution in [0.5, 0.6) is 0 Å². The van der Waals surface area contributed by atoms with Crippen molar-refractivity contribution in [2.75, 3.05) is 18.5 Å². The molecule has 0 fully saturated rings. The molecule has 0 radical (unpaired) electrons. The minimum Gasteiger partial charge on any atom is -0.462 e. The molecule has 0 amide bonds. The number of aromatic nitrogens is 1. The Morgan fingerprint density at radius 1 is 1.29 bits per heavy atom. The zero-order valence-electron chi connectivity index (χ0n) is 12.6. The number of nitrogens with one attached hydrogen (secondary N) is 1. The average molecular weight is 312 g/mol. The van der Waals surface area contributed by atoms with Crippen LogP contribution in [-0.2, 0) is 19.1 Å². The fourth-order valence-electron chi connectivity index (χ4n) is 1.37. The molecular weight excluding hydrogens is 292 g/mol. The lowest BCUT2D eigenvalue weighted by Gasteiger charge is -2.06. The molecule has 1 aromatic heterocycles. The maximum Gasteiger partial charge on any atom is 0.347 e. The van der Waals surface area contributed by atoms with Gasteiger partial charge in [-0.3, -0.25) is 0 Å². The average Bonchev–Trinajstić information content (AvgIpc) is 2.88. The molecule has 0 bridgehead atoms. The smallest absolute Gasteiger partial charge is 0.347 e. The lowest BCUT2D eigenvalue weighted by atomic mass is 10.2. The Morgan fingerprint density at radius 3 is 2.29 bits per heavy atom. The summed E-state index contributed by atoms with van der Waals surface area (Å²) in [5, 5.41) is 5.37. The molecule has 1 heterocycles. The minimum atomic E-state index is -0.718. The number of hydrogen-bond donors (Lipinski definition) is 1. The highest BCUT2D eigenvalue weighted by Crippen LogP contribution is 2.21. The number of carbonyl (C=O) groups excluding carboxylic acids is 2. The van der Waals surface area contributed by atoms with Crippen LogP contribution in [0.4, 0.5) is 5.13 Å². The number of esters is 2. The number of thiazole rings is 1. The lowest BCUT2D eigenvalue weighted by Crippen LogP contribution is -2.19. The van der Waals surface area contributed by atoms with Gasteiger partial charge in [0.25, 0.3) is 0 Å². The summed E-state index contributed by atoms with van der Waals surface area (Å²) >= 11 is 1.40. The third kappa shape index (κ3) is 5.18. The molecule has 0 aliphatic rings. The molecule has 0 aliphatic carbocycles. The molecule has 0 unspecified atom stereocenters. The summed E-state index contributed by atoms with van der Waals surface area (Å²) in [6, 6.07) is 0. The number of anilines is 1. The van der Waals surface area contributed by atoms with Crippen LogP contribution in [-0.4, -0.2) is 30.1 Å². The maximum atomic E-state index is 11.7. The van der Waals surface area contributed by atoms with Crippen molar-refractivity contribution in [3.8, 4) is 0 Å². The molecule has 0 saturated carbocycles. The first-order chi connectivity index (χ1) is 9.99. The lowest BCUT2D eigenvalue weighted by molar-refractivity contribution is -0.146. The first-order valence-corrected chi connectivity index (χ1v) is 7.63. The highest BCUT2D eigenvalue weighted by molar-refractivity contribution is 7.13. The van der Waals surface area contributed by atoms with E-state index in [9.17, 15) is 9.59 Å². The molecule has 1 rings (SSSR count). The highest BCUT2D eigenvalue weighted by atomic mass is 32.1. The van der Waals surface area contributed by atoms with E-state index in [1.807, 2.05) is 19.2 Å². The number of ether oxygens (including phenoxy) is 2. The van der Waals surface area contributed by atoms with Crippen LogP contribution in [0.15, 0.2) is 17.2 Å². The number of rotatable bonds is 7. The Balaban J connectivity index is 2.85. The molecule has 7 heteroatoms. The molecule has 1 aromatic rings. The van der Waals surface area contributed by atoms with E-state index in [4.69, 9.17) is 9.47 Å². The summed E-state index contributed by atoms with van der Waals surface area (Å²) in [7, 11) is 0. The Morgan fingerprint density at radius 2 is 1.86 bits per heavy atom. The first kappa shape index (κ1) is 17.2. The van der Waals surface area contributed by atoms with Gasteiger partial charge in [0.1, 0.15) is 0 Å². The Bertz CT molecular complexity index is 503. The molecule has 0 saturated heterocycles. The first-order valence-electron chi connectivity index (χ1n) is 6.75. The molecule has 6 nitrogen and oxygen atoms in total. The van der Waals surface area contributed by atoms with E-state index in [0.29, 0.717) is 11.0 Å². The van der Waals surface area contributed by atoms with Gasteiger partial charge in [0, 0.05) is 11.6 Å². The summed E-state index contributed by atoms with van der Waals surface area (Å²) in [5.41, 5.74) is 0.768. The van der Waals surface area contributed by atoms with Crippen LogP contribution in [0.2, 0.25) is 0 Å². The van der Waals surface area contributed by atoms with Crippen LogP contribution in [0, 0.1) is 0 Å². The van der Waals surface area contributed by atoms with Crippen LogP contribution in [0.3, 0.4) is 0 Å². The van der Waals surface area contributed by atoms with E-state index in [-0.39, 0.29) is 18.8 Å². The molecule has 0 aliphatic heterocycles. The van der Waals surface area contributed by atoms with Gasteiger partial charge in [-0.15, -0.1) is 11.3 Å². The van der Waals surface area contributed by atoms with E-state index in [2.05, 4.69) is 10.3 Å². The summed E-state index contributed by atoms with van der Waals surface area (Å²) in [4.78, 5) is 27.8. The molecular formula is C14H20N2O4S. The zero-order valence-corrected chi connectivity index (χ0v) is 13.5. The van der Waals surface area contributed by atoms with Crippen LogP contribution < -0.4 is 5.32 Å². The van der Waals surface area contributed by atoms with Gasteiger partial charge in [-0.2, -0.15) is 0 Å².